The molecule has 20 heavy (non-hydrogen) atoms. The molecule has 1 aromatic heterocycles. The van der Waals surface area contributed by atoms with Crippen molar-refractivity contribution in [3.05, 3.63) is 35.2 Å². The molecule has 0 bridgehead atoms. The number of carbonyl (C=O) groups is 1. The molecule has 0 aliphatic heterocycles. The Labute approximate surface area is 113 Å². The fourth-order valence-electron chi connectivity index (χ4n) is 1.91. The van der Waals surface area contributed by atoms with Crippen molar-refractivity contribution in [2.45, 2.75) is 19.8 Å². The number of aromatic nitrogens is 3. The monoisotopic (exact) mass is 281 g/mol. The summed E-state index contributed by atoms with van der Waals surface area (Å²) in [5.41, 5.74) is -0.337. The fraction of sp³-hybridized carbons (Fsp3) is 0.308. The minimum atomic E-state index is -1.35. The average molecular weight is 281 g/mol. The lowest BCUT2D eigenvalue weighted by Crippen LogP contribution is -2.05. The zero-order chi connectivity index (χ0) is 14.9. The Hall–Kier alpha value is -2.31. The van der Waals surface area contributed by atoms with Gasteiger partial charge in [-0.1, -0.05) is 6.92 Å². The summed E-state index contributed by atoms with van der Waals surface area (Å²) in [5, 5.41) is 13.2. The topological polar surface area (TPSA) is 68.0 Å². The van der Waals surface area contributed by atoms with Crippen LogP contribution in [0, 0.1) is 11.6 Å². The SMILES string of the molecule is CCCc1nc(-c2cc(F)c(F)cc2C(=O)O)n(C)n1. The smallest absolute Gasteiger partial charge is 0.336 e. The molecule has 106 valence electrons. The first-order chi connectivity index (χ1) is 9.43. The van der Waals surface area contributed by atoms with Crippen molar-refractivity contribution in [3.63, 3.8) is 0 Å². The van der Waals surface area contributed by atoms with Crippen LogP contribution in [0.2, 0.25) is 0 Å². The van der Waals surface area contributed by atoms with E-state index in [0.29, 0.717) is 18.3 Å². The first-order valence-corrected chi connectivity index (χ1v) is 6.06. The van der Waals surface area contributed by atoms with Crippen LogP contribution in [0.25, 0.3) is 11.4 Å². The van der Waals surface area contributed by atoms with Crippen molar-refractivity contribution < 1.29 is 18.7 Å². The molecule has 1 N–H and O–H groups in total. The molecule has 2 aromatic rings. The van der Waals surface area contributed by atoms with Crippen LogP contribution in [0.3, 0.4) is 0 Å². The molecule has 0 saturated carbocycles. The van der Waals surface area contributed by atoms with Gasteiger partial charge in [-0.2, -0.15) is 5.10 Å². The van der Waals surface area contributed by atoms with Gasteiger partial charge >= 0.3 is 5.97 Å². The van der Waals surface area contributed by atoms with Crippen molar-refractivity contribution in [2.24, 2.45) is 7.05 Å². The maximum absolute atomic E-state index is 13.4. The van der Waals surface area contributed by atoms with Crippen molar-refractivity contribution in [1.29, 1.82) is 0 Å². The molecule has 0 atom stereocenters. The van der Waals surface area contributed by atoms with Gasteiger partial charge in [0.2, 0.25) is 0 Å². The van der Waals surface area contributed by atoms with Crippen LogP contribution < -0.4 is 0 Å². The third-order valence-corrected chi connectivity index (χ3v) is 2.81. The van der Waals surface area contributed by atoms with Gasteiger partial charge < -0.3 is 5.11 Å². The number of benzene rings is 1. The third kappa shape index (κ3) is 2.52. The highest BCUT2D eigenvalue weighted by Crippen LogP contribution is 2.25. The van der Waals surface area contributed by atoms with Crippen LogP contribution in [0.15, 0.2) is 12.1 Å². The van der Waals surface area contributed by atoms with Crippen molar-refractivity contribution >= 4 is 5.97 Å². The van der Waals surface area contributed by atoms with E-state index in [2.05, 4.69) is 10.1 Å². The molecule has 0 unspecified atom stereocenters. The third-order valence-electron chi connectivity index (χ3n) is 2.81. The highest BCUT2D eigenvalue weighted by Gasteiger charge is 2.20. The highest BCUT2D eigenvalue weighted by molar-refractivity contribution is 5.95. The van der Waals surface area contributed by atoms with Gasteiger partial charge in [0.1, 0.15) is 0 Å². The van der Waals surface area contributed by atoms with Crippen LogP contribution >= 0.6 is 0 Å². The van der Waals surface area contributed by atoms with E-state index in [-0.39, 0.29) is 17.0 Å². The second-order valence-electron chi connectivity index (χ2n) is 4.34. The summed E-state index contributed by atoms with van der Waals surface area (Å²) in [6.07, 6.45) is 1.45. The molecule has 7 heteroatoms. The number of hydrogen-bond acceptors (Lipinski definition) is 3. The molecular formula is C13H13F2N3O2. The molecule has 5 nitrogen and oxygen atoms in total. The Kier molecular flexibility index (Phi) is 3.78. The minimum Gasteiger partial charge on any atom is -0.478 e. The summed E-state index contributed by atoms with van der Waals surface area (Å²) in [6.45, 7) is 1.95. The number of carboxylic acids is 1. The van der Waals surface area contributed by atoms with Gasteiger partial charge in [0.15, 0.2) is 23.3 Å². The fourth-order valence-corrected chi connectivity index (χ4v) is 1.91. The largest absolute Gasteiger partial charge is 0.478 e. The summed E-state index contributed by atoms with van der Waals surface area (Å²) >= 11 is 0. The highest BCUT2D eigenvalue weighted by atomic mass is 19.2. The van der Waals surface area contributed by atoms with Gasteiger partial charge in [0, 0.05) is 19.0 Å². The van der Waals surface area contributed by atoms with Gasteiger partial charge in [0.25, 0.3) is 0 Å². The Morgan fingerprint density at radius 1 is 1.35 bits per heavy atom. The van der Waals surface area contributed by atoms with E-state index >= 15 is 0 Å². The van der Waals surface area contributed by atoms with Crippen LogP contribution in [0.1, 0.15) is 29.5 Å². The van der Waals surface area contributed by atoms with E-state index in [1.165, 1.54) is 4.68 Å². The second-order valence-corrected chi connectivity index (χ2v) is 4.34. The van der Waals surface area contributed by atoms with Gasteiger partial charge in [-0.15, -0.1) is 0 Å². The van der Waals surface area contributed by atoms with Gasteiger partial charge in [-0.3, -0.25) is 0 Å². The van der Waals surface area contributed by atoms with Crippen molar-refractivity contribution in [1.82, 2.24) is 14.8 Å². The lowest BCUT2D eigenvalue weighted by atomic mass is 10.1. The molecule has 0 aliphatic carbocycles. The molecule has 0 saturated heterocycles. The van der Waals surface area contributed by atoms with E-state index in [0.717, 1.165) is 12.5 Å². The lowest BCUT2D eigenvalue weighted by Gasteiger charge is -2.06. The minimum absolute atomic E-state index is 0.00810. The van der Waals surface area contributed by atoms with Gasteiger partial charge in [-0.25, -0.2) is 23.2 Å². The van der Waals surface area contributed by atoms with Crippen molar-refractivity contribution in [2.75, 3.05) is 0 Å². The molecule has 0 spiro atoms. The first kappa shape index (κ1) is 14.1. The van der Waals surface area contributed by atoms with E-state index in [4.69, 9.17) is 5.11 Å². The molecular weight excluding hydrogens is 268 g/mol. The van der Waals surface area contributed by atoms with Crippen molar-refractivity contribution in [3.8, 4) is 11.4 Å². The number of aromatic carboxylic acids is 1. The zero-order valence-corrected chi connectivity index (χ0v) is 11.0. The number of aryl methyl sites for hydroxylation is 2. The number of halogens is 2. The maximum atomic E-state index is 13.4. The van der Waals surface area contributed by atoms with Crippen LogP contribution in [0.5, 0.6) is 0 Å². The average Bonchev–Trinajstić information content (AvgIpc) is 2.73. The predicted octanol–water partition coefficient (Wildman–Crippen LogP) is 2.41. The zero-order valence-electron chi connectivity index (χ0n) is 11.0. The number of rotatable bonds is 4. The molecule has 1 aromatic carbocycles. The van der Waals surface area contributed by atoms with Crippen LogP contribution in [-0.4, -0.2) is 25.8 Å². The van der Waals surface area contributed by atoms with Gasteiger partial charge in [0.05, 0.1) is 5.56 Å². The Balaban J connectivity index is 2.62. The molecule has 0 radical (unpaired) electrons. The lowest BCUT2D eigenvalue weighted by molar-refractivity contribution is 0.0697. The summed E-state index contributed by atoms with van der Waals surface area (Å²) in [4.78, 5) is 15.3. The van der Waals surface area contributed by atoms with E-state index in [1.54, 1.807) is 7.05 Å². The summed E-state index contributed by atoms with van der Waals surface area (Å²) < 4.78 is 27.9. The number of hydrogen-bond donors (Lipinski definition) is 1. The van der Waals surface area contributed by atoms with E-state index in [9.17, 15) is 13.6 Å². The molecule has 0 aliphatic rings. The molecule has 1 heterocycles. The number of carboxylic acid groups (broad SMARTS) is 1. The summed E-state index contributed by atoms with van der Waals surface area (Å²) in [6, 6.07) is 1.49. The predicted molar refractivity (Wildman–Crippen MR) is 67.3 cm³/mol. The summed E-state index contributed by atoms with van der Waals surface area (Å²) in [7, 11) is 1.58. The Morgan fingerprint density at radius 2 is 2.00 bits per heavy atom. The number of nitrogens with zero attached hydrogens (tertiary/aromatic N) is 3. The first-order valence-electron chi connectivity index (χ1n) is 6.06. The quantitative estimate of drug-likeness (QED) is 0.934. The second kappa shape index (κ2) is 5.36. The molecule has 2 rings (SSSR count). The Morgan fingerprint density at radius 3 is 2.60 bits per heavy atom. The molecule has 0 amide bonds. The van der Waals surface area contributed by atoms with Crippen LogP contribution in [-0.2, 0) is 13.5 Å². The molecule has 0 fully saturated rings. The normalized spacial score (nSPS) is 10.8. The summed E-state index contributed by atoms with van der Waals surface area (Å²) in [5.74, 6) is -2.94. The van der Waals surface area contributed by atoms with E-state index in [1.807, 2.05) is 6.92 Å². The van der Waals surface area contributed by atoms with Gasteiger partial charge in [-0.05, 0) is 18.6 Å². The van der Waals surface area contributed by atoms with E-state index < -0.39 is 17.6 Å². The standard InChI is InChI=1S/C13H13F2N3O2/c1-3-4-11-16-12(18(2)17-11)7-5-9(14)10(15)6-8(7)13(19)20/h5-6H,3-4H2,1-2H3,(H,19,20). The maximum Gasteiger partial charge on any atom is 0.336 e. The Bertz CT molecular complexity index is 668. The van der Waals surface area contributed by atoms with Crippen LogP contribution in [0.4, 0.5) is 8.78 Å².